The molecule has 3 aromatic rings. The number of hydrogen-bond acceptors (Lipinski definition) is 4. The molecule has 0 saturated carbocycles. The van der Waals surface area contributed by atoms with Gasteiger partial charge < -0.3 is 4.74 Å². The Kier molecular flexibility index (Phi) is 4.62. The van der Waals surface area contributed by atoms with Gasteiger partial charge >= 0.3 is 0 Å². The van der Waals surface area contributed by atoms with Crippen LogP contribution in [0.1, 0.15) is 5.56 Å². The van der Waals surface area contributed by atoms with E-state index in [9.17, 15) is 10.1 Å². The smallest absolute Gasteiger partial charge is 0.270 e. The lowest BCUT2D eigenvalue weighted by Crippen LogP contribution is -1.89. The Bertz CT molecular complexity index is 859. The number of nitro benzene ring substituents is 1. The number of ether oxygens (including phenoxy) is 1. The molecule has 0 aromatic heterocycles. The van der Waals surface area contributed by atoms with Crippen LogP contribution in [-0.4, -0.2) is 11.1 Å². The zero-order valence-electron chi connectivity index (χ0n) is 12.7. The molecule has 3 rings (SSSR count). The van der Waals surface area contributed by atoms with Crippen molar-refractivity contribution in [2.75, 3.05) is 0 Å². The molecule has 0 amide bonds. The van der Waals surface area contributed by atoms with E-state index in [2.05, 4.69) is 4.99 Å². The van der Waals surface area contributed by atoms with Crippen molar-refractivity contribution in [2.24, 2.45) is 4.99 Å². The van der Waals surface area contributed by atoms with E-state index in [0.717, 1.165) is 17.2 Å². The zero-order valence-corrected chi connectivity index (χ0v) is 12.7. The van der Waals surface area contributed by atoms with E-state index >= 15 is 0 Å². The molecular formula is C19H14N2O3. The standard InChI is InChI=1S/C19H14N2O3/c22-21(23)17-6-4-5-15(13-17)14-20-16-9-11-19(12-10-16)24-18-7-2-1-3-8-18/h1-14H. The van der Waals surface area contributed by atoms with Crippen molar-refractivity contribution in [1.82, 2.24) is 0 Å². The number of rotatable bonds is 5. The Labute approximate surface area is 139 Å². The summed E-state index contributed by atoms with van der Waals surface area (Å²) in [5.74, 6) is 1.49. The predicted molar refractivity (Wildman–Crippen MR) is 93.3 cm³/mol. The molecule has 5 nitrogen and oxygen atoms in total. The Morgan fingerprint density at radius 3 is 2.29 bits per heavy atom. The highest BCUT2D eigenvalue weighted by atomic mass is 16.6. The maximum Gasteiger partial charge on any atom is 0.270 e. The van der Waals surface area contributed by atoms with Gasteiger partial charge in [-0.2, -0.15) is 0 Å². The molecule has 3 aromatic carbocycles. The summed E-state index contributed by atoms with van der Waals surface area (Å²) in [4.78, 5) is 14.7. The van der Waals surface area contributed by atoms with E-state index in [0.29, 0.717) is 5.56 Å². The normalized spacial score (nSPS) is 10.7. The van der Waals surface area contributed by atoms with Crippen molar-refractivity contribution < 1.29 is 9.66 Å². The Morgan fingerprint density at radius 2 is 1.58 bits per heavy atom. The minimum atomic E-state index is -0.424. The minimum absolute atomic E-state index is 0.0468. The molecule has 0 aliphatic rings. The molecule has 0 aliphatic heterocycles. The van der Waals surface area contributed by atoms with Gasteiger partial charge in [0.15, 0.2) is 0 Å². The Morgan fingerprint density at radius 1 is 0.875 bits per heavy atom. The molecule has 0 spiro atoms. The van der Waals surface area contributed by atoms with Crippen LogP contribution in [0.3, 0.4) is 0 Å². The summed E-state index contributed by atoms with van der Waals surface area (Å²) in [5.41, 5.74) is 1.46. The van der Waals surface area contributed by atoms with Crippen LogP contribution in [0.15, 0.2) is 83.9 Å². The average Bonchev–Trinajstić information content (AvgIpc) is 2.62. The number of para-hydroxylation sites is 1. The van der Waals surface area contributed by atoms with Crippen LogP contribution in [0.5, 0.6) is 11.5 Å². The molecule has 118 valence electrons. The number of non-ortho nitro benzene ring substituents is 1. The molecule has 0 unspecified atom stereocenters. The Hall–Kier alpha value is -3.47. The van der Waals surface area contributed by atoms with Gasteiger partial charge in [0, 0.05) is 18.3 Å². The van der Waals surface area contributed by atoms with Crippen molar-refractivity contribution >= 4 is 17.6 Å². The first-order valence-electron chi connectivity index (χ1n) is 7.32. The minimum Gasteiger partial charge on any atom is -0.457 e. The van der Waals surface area contributed by atoms with Crippen LogP contribution in [0.2, 0.25) is 0 Å². The molecule has 0 heterocycles. The van der Waals surface area contributed by atoms with Crippen LogP contribution < -0.4 is 4.74 Å². The van der Waals surface area contributed by atoms with E-state index in [-0.39, 0.29) is 5.69 Å². The third-order valence-electron chi connectivity index (χ3n) is 3.26. The van der Waals surface area contributed by atoms with Gasteiger partial charge in [-0.15, -0.1) is 0 Å². The van der Waals surface area contributed by atoms with Gasteiger partial charge in [0.05, 0.1) is 10.6 Å². The highest BCUT2D eigenvalue weighted by molar-refractivity contribution is 5.82. The third-order valence-corrected chi connectivity index (χ3v) is 3.26. The largest absolute Gasteiger partial charge is 0.457 e. The number of nitrogens with zero attached hydrogens (tertiary/aromatic N) is 2. The molecule has 0 bridgehead atoms. The molecular weight excluding hydrogens is 304 g/mol. The van der Waals surface area contributed by atoms with Gasteiger partial charge in [0.1, 0.15) is 11.5 Å². The zero-order chi connectivity index (χ0) is 16.8. The van der Waals surface area contributed by atoms with Crippen LogP contribution in [0.4, 0.5) is 11.4 Å². The van der Waals surface area contributed by atoms with Crippen LogP contribution in [0.25, 0.3) is 0 Å². The highest BCUT2D eigenvalue weighted by Gasteiger charge is 2.04. The molecule has 0 atom stereocenters. The lowest BCUT2D eigenvalue weighted by Gasteiger charge is -2.05. The SMILES string of the molecule is O=[N+]([O-])c1cccc(C=Nc2ccc(Oc3ccccc3)cc2)c1. The molecule has 0 radical (unpaired) electrons. The van der Waals surface area contributed by atoms with Gasteiger partial charge in [-0.25, -0.2) is 0 Å². The second kappa shape index (κ2) is 7.19. The second-order valence-electron chi connectivity index (χ2n) is 5.02. The first-order valence-corrected chi connectivity index (χ1v) is 7.32. The maximum atomic E-state index is 10.8. The first-order chi connectivity index (χ1) is 11.7. The van der Waals surface area contributed by atoms with Gasteiger partial charge in [-0.3, -0.25) is 15.1 Å². The summed E-state index contributed by atoms with van der Waals surface area (Å²) in [7, 11) is 0. The fraction of sp³-hybridized carbons (Fsp3) is 0. The molecule has 0 saturated heterocycles. The number of nitro groups is 1. The predicted octanol–water partition coefficient (Wildman–Crippen LogP) is 5.14. The first kappa shape index (κ1) is 15.4. The summed E-state index contributed by atoms with van der Waals surface area (Å²) in [6.45, 7) is 0. The number of benzene rings is 3. The summed E-state index contributed by atoms with van der Waals surface area (Å²) in [6, 6.07) is 23.2. The van der Waals surface area contributed by atoms with Gasteiger partial charge in [-0.05, 0) is 42.0 Å². The lowest BCUT2D eigenvalue weighted by molar-refractivity contribution is -0.384. The molecule has 0 fully saturated rings. The molecule has 5 heteroatoms. The monoisotopic (exact) mass is 318 g/mol. The fourth-order valence-corrected chi connectivity index (χ4v) is 2.09. The van der Waals surface area contributed by atoms with Crippen molar-refractivity contribution in [3.8, 4) is 11.5 Å². The molecule has 24 heavy (non-hydrogen) atoms. The van der Waals surface area contributed by atoms with Gasteiger partial charge in [0.25, 0.3) is 5.69 Å². The highest BCUT2D eigenvalue weighted by Crippen LogP contribution is 2.23. The molecule has 0 N–H and O–H groups in total. The van der Waals surface area contributed by atoms with Crippen molar-refractivity contribution in [3.05, 3.63) is 94.5 Å². The molecule has 0 aliphatic carbocycles. The van der Waals surface area contributed by atoms with E-state index in [1.807, 2.05) is 54.6 Å². The van der Waals surface area contributed by atoms with Gasteiger partial charge in [-0.1, -0.05) is 30.3 Å². The van der Waals surface area contributed by atoms with Crippen molar-refractivity contribution in [2.45, 2.75) is 0 Å². The lowest BCUT2D eigenvalue weighted by atomic mass is 10.2. The van der Waals surface area contributed by atoms with E-state index in [1.54, 1.807) is 18.3 Å². The van der Waals surface area contributed by atoms with Crippen LogP contribution in [-0.2, 0) is 0 Å². The van der Waals surface area contributed by atoms with E-state index < -0.39 is 4.92 Å². The van der Waals surface area contributed by atoms with Gasteiger partial charge in [0.2, 0.25) is 0 Å². The van der Waals surface area contributed by atoms with E-state index in [4.69, 9.17) is 4.74 Å². The van der Waals surface area contributed by atoms with Crippen LogP contribution in [0, 0.1) is 10.1 Å². The third kappa shape index (κ3) is 4.04. The summed E-state index contributed by atoms with van der Waals surface area (Å²) >= 11 is 0. The second-order valence-corrected chi connectivity index (χ2v) is 5.02. The quantitative estimate of drug-likeness (QED) is 0.372. The van der Waals surface area contributed by atoms with Crippen molar-refractivity contribution in [1.29, 1.82) is 0 Å². The maximum absolute atomic E-state index is 10.8. The number of aliphatic imine (C=N–C) groups is 1. The topological polar surface area (TPSA) is 64.7 Å². The van der Waals surface area contributed by atoms with Crippen molar-refractivity contribution in [3.63, 3.8) is 0 Å². The average molecular weight is 318 g/mol. The van der Waals surface area contributed by atoms with Crippen LogP contribution >= 0.6 is 0 Å². The summed E-state index contributed by atoms with van der Waals surface area (Å²) in [5, 5.41) is 10.8. The summed E-state index contributed by atoms with van der Waals surface area (Å²) in [6.07, 6.45) is 1.60. The summed E-state index contributed by atoms with van der Waals surface area (Å²) < 4.78 is 5.71. The Balaban J connectivity index is 1.70. The fourth-order valence-electron chi connectivity index (χ4n) is 2.09. The van der Waals surface area contributed by atoms with E-state index in [1.165, 1.54) is 12.1 Å². The number of hydrogen-bond donors (Lipinski definition) is 0.